The molecule has 0 bridgehead atoms. The van der Waals surface area contributed by atoms with E-state index in [9.17, 15) is 0 Å². The topological polar surface area (TPSA) is 23.8 Å². The molecule has 1 aliphatic rings. The monoisotopic (exact) mass is 369 g/mol. The summed E-state index contributed by atoms with van der Waals surface area (Å²) in [6, 6.07) is 1.13. The second-order valence-corrected chi connectivity index (χ2v) is 9.48. The van der Waals surface area contributed by atoms with Crippen LogP contribution in [0, 0.1) is 12.0 Å². The van der Waals surface area contributed by atoms with Gasteiger partial charge < -0.3 is 30.5 Å². The van der Waals surface area contributed by atoms with E-state index in [4.69, 9.17) is 5.73 Å². The van der Waals surface area contributed by atoms with Crippen molar-refractivity contribution in [1.82, 2.24) is 0 Å². The van der Waals surface area contributed by atoms with Crippen LogP contribution in [-0.2, 0) is 21.7 Å². The van der Waals surface area contributed by atoms with Gasteiger partial charge in [-0.3, -0.25) is 6.08 Å². The van der Waals surface area contributed by atoms with Crippen molar-refractivity contribution in [3.05, 3.63) is 28.5 Å². The number of nitrogens with one attached hydrogen (secondary N) is 1. The maximum atomic E-state index is 7.50. The van der Waals surface area contributed by atoms with Crippen LogP contribution in [0.5, 0.6) is 0 Å². The SMILES string of the molecule is CC1=[C-]C(C)C(C)=C1C.C[SiH](C)CC(C)(C)[NH-].[Cl-].[Cl-].[Ti+4]. The Morgan fingerprint density at radius 1 is 1.15 bits per heavy atom. The fourth-order valence-electron chi connectivity index (χ4n) is 2.18. The maximum absolute atomic E-state index is 7.50. The predicted molar refractivity (Wildman–Crippen MR) is 82.1 cm³/mol. The van der Waals surface area contributed by atoms with E-state index in [0.717, 1.165) is 6.04 Å². The Bertz CT molecular complexity index is 320. The maximum Gasteiger partial charge on any atom is 4.00 e. The standard InChI is InChI=1S/C9H13.C6H16NSi.2ClH.Ti/c1-6-5-7(2)9(4)8(6)3;1-6(2,7)5-8(3)4;;;/h6H,1-4H3;7-8H,5H2,1-4H3;2*1H;/q2*-1;;;+4/p-2. The molecule has 1 atom stereocenters. The number of hydrogen-bond acceptors (Lipinski definition) is 0. The van der Waals surface area contributed by atoms with Gasteiger partial charge in [-0.15, -0.1) is 12.5 Å². The predicted octanol–water partition coefficient (Wildman–Crippen LogP) is -0.969. The molecule has 1 aliphatic carbocycles. The third-order valence-corrected chi connectivity index (χ3v) is 4.99. The van der Waals surface area contributed by atoms with Crippen molar-refractivity contribution in [1.29, 1.82) is 0 Å². The van der Waals surface area contributed by atoms with Crippen LogP contribution in [0.3, 0.4) is 0 Å². The van der Waals surface area contributed by atoms with Gasteiger partial charge in [0.15, 0.2) is 0 Å². The molecule has 1 nitrogen and oxygen atoms in total. The molecule has 0 aromatic heterocycles. The van der Waals surface area contributed by atoms with Crippen LogP contribution in [0.25, 0.3) is 5.73 Å². The first-order chi connectivity index (χ1) is 7.54. The van der Waals surface area contributed by atoms with E-state index in [0.29, 0.717) is 5.92 Å². The number of halogens is 2. The first-order valence-corrected chi connectivity index (χ1v) is 9.70. The molecule has 0 aliphatic heterocycles. The molecule has 0 saturated carbocycles. The average molecular weight is 370 g/mol. The molecule has 0 spiro atoms. The van der Waals surface area contributed by atoms with Gasteiger partial charge in [-0.2, -0.15) is 11.1 Å². The number of hydrogen-bond donors (Lipinski definition) is 0. The molecule has 0 heterocycles. The van der Waals surface area contributed by atoms with Gasteiger partial charge in [-0.1, -0.05) is 59.7 Å². The zero-order valence-corrected chi connectivity index (χ0v) is 18.3. The summed E-state index contributed by atoms with van der Waals surface area (Å²) in [4.78, 5) is 0. The van der Waals surface area contributed by atoms with Crippen molar-refractivity contribution in [3.63, 3.8) is 0 Å². The van der Waals surface area contributed by atoms with Gasteiger partial charge in [0, 0.05) is 8.80 Å². The normalized spacial score (nSPS) is 17.3. The van der Waals surface area contributed by atoms with Crippen LogP contribution < -0.4 is 24.8 Å². The molecule has 0 fully saturated rings. The number of allylic oxidation sites excluding steroid dienone is 4. The summed E-state index contributed by atoms with van der Waals surface area (Å²) in [6.45, 7) is 17.2. The quantitative estimate of drug-likeness (QED) is 0.442. The molecule has 0 saturated heterocycles. The zero-order chi connectivity index (χ0) is 13.8. The van der Waals surface area contributed by atoms with Crippen LogP contribution in [0.4, 0.5) is 0 Å². The Morgan fingerprint density at radius 2 is 1.55 bits per heavy atom. The Morgan fingerprint density at radius 3 is 1.60 bits per heavy atom. The van der Waals surface area contributed by atoms with Gasteiger partial charge in [0.1, 0.15) is 0 Å². The summed E-state index contributed by atoms with van der Waals surface area (Å²) in [6.07, 6.45) is 3.36. The van der Waals surface area contributed by atoms with Gasteiger partial charge in [0.2, 0.25) is 0 Å². The van der Waals surface area contributed by atoms with E-state index in [2.05, 4.69) is 46.9 Å². The van der Waals surface area contributed by atoms with E-state index < -0.39 is 8.80 Å². The molecule has 20 heavy (non-hydrogen) atoms. The van der Waals surface area contributed by atoms with Crippen LogP contribution >= 0.6 is 0 Å². The molecule has 0 radical (unpaired) electrons. The second-order valence-electron chi connectivity index (χ2n) is 6.28. The van der Waals surface area contributed by atoms with Crippen molar-refractivity contribution in [2.45, 2.75) is 66.2 Å². The molecular weight excluding hydrogens is 341 g/mol. The van der Waals surface area contributed by atoms with Crippen molar-refractivity contribution in [3.8, 4) is 0 Å². The molecule has 1 N–H and O–H groups in total. The van der Waals surface area contributed by atoms with Crippen molar-refractivity contribution < 1.29 is 46.5 Å². The van der Waals surface area contributed by atoms with Gasteiger partial charge in [0.05, 0.1) is 0 Å². The summed E-state index contributed by atoms with van der Waals surface area (Å²) in [5.74, 6) is 0.560. The van der Waals surface area contributed by atoms with E-state index in [1.54, 1.807) is 0 Å². The summed E-state index contributed by atoms with van der Waals surface area (Å²) in [5.41, 5.74) is 11.6. The van der Waals surface area contributed by atoms with Crippen LogP contribution in [-0.4, -0.2) is 14.3 Å². The Kier molecular flexibility index (Phi) is 18.1. The van der Waals surface area contributed by atoms with E-state index in [-0.39, 0.29) is 52.1 Å². The molecular formula is C15H29Cl2NSiTi. The first kappa shape index (κ1) is 29.0. The molecule has 1 rings (SSSR count). The largest absolute Gasteiger partial charge is 4.00 e. The molecule has 0 aromatic carbocycles. The van der Waals surface area contributed by atoms with Gasteiger partial charge in [-0.05, 0) is 0 Å². The van der Waals surface area contributed by atoms with E-state index in [1.165, 1.54) is 16.7 Å². The Balaban J connectivity index is -0.000000112. The molecule has 1 unspecified atom stereocenters. The van der Waals surface area contributed by atoms with Gasteiger partial charge >= 0.3 is 21.7 Å². The summed E-state index contributed by atoms with van der Waals surface area (Å²) < 4.78 is 0. The van der Waals surface area contributed by atoms with Crippen molar-refractivity contribution >= 4 is 8.80 Å². The Hall–Kier alpha value is 0.951. The summed E-state index contributed by atoms with van der Waals surface area (Å²) in [5, 5.41) is 0. The van der Waals surface area contributed by atoms with Crippen molar-refractivity contribution in [2.24, 2.45) is 5.92 Å². The second kappa shape index (κ2) is 12.5. The van der Waals surface area contributed by atoms with Gasteiger partial charge in [0.25, 0.3) is 0 Å². The molecule has 0 aromatic rings. The van der Waals surface area contributed by atoms with Crippen LogP contribution in [0.1, 0.15) is 41.5 Å². The minimum absolute atomic E-state index is 0. The first-order valence-electron chi connectivity index (χ1n) is 6.57. The van der Waals surface area contributed by atoms with E-state index in [1.807, 2.05) is 13.8 Å². The molecule has 5 heteroatoms. The van der Waals surface area contributed by atoms with E-state index >= 15 is 0 Å². The number of rotatable bonds is 2. The minimum atomic E-state index is -0.483. The van der Waals surface area contributed by atoms with Crippen LogP contribution in [0.15, 0.2) is 16.7 Å². The zero-order valence-electron chi connectivity index (χ0n) is 14.1. The molecule has 0 amide bonds. The third kappa shape index (κ3) is 12.7. The fraction of sp³-hybridized carbons (Fsp3) is 0.733. The smallest absolute Gasteiger partial charge is 1.00 e. The fourth-order valence-corrected chi connectivity index (χ4v) is 4.22. The van der Waals surface area contributed by atoms with Gasteiger partial charge in [-0.25, -0.2) is 5.57 Å². The minimum Gasteiger partial charge on any atom is -1.00 e. The average Bonchev–Trinajstić information content (AvgIpc) is 2.30. The van der Waals surface area contributed by atoms with Crippen molar-refractivity contribution in [2.75, 3.05) is 0 Å². The molecule has 116 valence electrons. The van der Waals surface area contributed by atoms with Crippen LogP contribution in [0.2, 0.25) is 19.1 Å². The summed E-state index contributed by atoms with van der Waals surface area (Å²) in [7, 11) is -0.483. The summed E-state index contributed by atoms with van der Waals surface area (Å²) >= 11 is 0. The third-order valence-electron chi connectivity index (χ3n) is 3.16. The Labute approximate surface area is 155 Å².